The zero-order valence-electron chi connectivity index (χ0n) is 9.36. The van der Waals surface area contributed by atoms with Crippen molar-refractivity contribution in [3.63, 3.8) is 0 Å². The van der Waals surface area contributed by atoms with Gasteiger partial charge >= 0.3 is 0 Å². The van der Waals surface area contributed by atoms with E-state index in [1.807, 2.05) is 0 Å². The molecule has 0 aliphatic heterocycles. The van der Waals surface area contributed by atoms with E-state index in [2.05, 4.69) is 13.8 Å². The third kappa shape index (κ3) is 2.31. The van der Waals surface area contributed by atoms with Crippen LogP contribution in [0.1, 0.15) is 72.6 Å². The van der Waals surface area contributed by atoms with Crippen molar-refractivity contribution in [1.29, 1.82) is 0 Å². The molecule has 0 aromatic carbocycles. The lowest BCUT2D eigenvalue weighted by Gasteiger charge is -2.52. The van der Waals surface area contributed by atoms with Crippen molar-refractivity contribution in [2.75, 3.05) is 0 Å². The Balaban J connectivity index is 0.000000845. The van der Waals surface area contributed by atoms with Gasteiger partial charge in [-0.3, -0.25) is 0 Å². The van der Waals surface area contributed by atoms with Gasteiger partial charge in [0.05, 0.1) is 0 Å². The minimum Gasteiger partial charge on any atom is -0.344 e. The minimum absolute atomic E-state index is 0. The summed E-state index contributed by atoms with van der Waals surface area (Å²) in [4.78, 5) is 0. The van der Waals surface area contributed by atoms with E-state index in [1.165, 1.54) is 51.4 Å². The SMILES string of the molecule is C.CCCC12CCC(C)(CC1)CC2.N. The molecule has 2 bridgehead atoms. The van der Waals surface area contributed by atoms with E-state index < -0.39 is 0 Å². The Kier molecular flexibility index (Phi) is 4.64. The number of rotatable bonds is 2. The monoisotopic (exact) mass is 199 g/mol. The predicted octanol–water partition coefficient (Wildman–Crippen LogP) is 4.95. The highest BCUT2D eigenvalue weighted by molar-refractivity contribution is 4.96. The molecule has 0 amide bonds. The van der Waals surface area contributed by atoms with Crippen molar-refractivity contribution in [1.82, 2.24) is 6.15 Å². The molecule has 1 heteroatoms. The van der Waals surface area contributed by atoms with Crippen LogP contribution in [-0.4, -0.2) is 0 Å². The zero-order valence-corrected chi connectivity index (χ0v) is 9.36. The van der Waals surface area contributed by atoms with Crippen LogP contribution in [0.25, 0.3) is 0 Å². The quantitative estimate of drug-likeness (QED) is 0.671. The maximum atomic E-state index is 2.50. The van der Waals surface area contributed by atoms with E-state index in [9.17, 15) is 0 Å². The lowest BCUT2D eigenvalue weighted by molar-refractivity contribution is -0.00293. The molecule has 0 spiro atoms. The molecule has 0 saturated heterocycles. The molecule has 86 valence electrons. The highest BCUT2D eigenvalue weighted by Gasteiger charge is 2.45. The first-order valence-corrected chi connectivity index (χ1v) is 5.68. The van der Waals surface area contributed by atoms with Gasteiger partial charge in [-0.15, -0.1) is 0 Å². The van der Waals surface area contributed by atoms with Crippen LogP contribution in [0.5, 0.6) is 0 Å². The summed E-state index contributed by atoms with van der Waals surface area (Å²) >= 11 is 0. The predicted molar refractivity (Wildman–Crippen MR) is 64.9 cm³/mol. The molecule has 0 atom stereocenters. The van der Waals surface area contributed by atoms with Crippen molar-refractivity contribution < 1.29 is 0 Å². The summed E-state index contributed by atoms with van der Waals surface area (Å²) in [5, 5.41) is 0. The third-order valence-corrected chi connectivity index (χ3v) is 4.56. The first-order valence-electron chi connectivity index (χ1n) is 5.68. The highest BCUT2D eigenvalue weighted by Crippen LogP contribution is 2.58. The normalized spacial score (nSPS) is 39.9. The second-order valence-corrected chi connectivity index (χ2v) is 5.56. The summed E-state index contributed by atoms with van der Waals surface area (Å²) < 4.78 is 0. The molecular weight excluding hydrogens is 170 g/mol. The van der Waals surface area contributed by atoms with Crippen molar-refractivity contribution in [2.45, 2.75) is 72.6 Å². The molecule has 3 aliphatic carbocycles. The lowest BCUT2D eigenvalue weighted by Crippen LogP contribution is -2.39. The molecule has 0 heterocycles. The molecular formula is C13H29N. The molecule has 3 saturated carbocycles. The molecule has 14 heavy (non-hydrogen) atoms. The molecule has 3 N–H and O–H groups in total. The summed E-state index contributed by atoms with van der Waals surface area (Å²) in [7, 11) is 0. The van der Waals surface area contributed by atoms with Crippen LogP contribution in [0.2, 0.25) is 0 Å². The largest absolute Gasteiger partial charge is 0.344 e. The average Bonchev–Trinajstić information content (AvgIpc) is 2.08. The molecule has 0 aromatic heterocycles. The first kappa shape index (κ1) is 14.0. The molecule has 3 aliphatic rings. The Morgan fingerprint density at radius 3 is 1.71 bits per heavy atom. The van der Waals surface area contributed by atoms with E-state index in [4.69, 9.17) is 0 Å². The topological polar surface area (TPSA) is 35.0 Å². The van der Waals surface area contributed by atoms with Gasteiger partial charge in [-0.1, -0.05) is 27.7 Å². The van der Waals surface area contributed by atoms with Crippen molar-refractivity contribution in [3.05, 3.63) is 0 Å². The number of hydrogen-bond donors (Lipinski definition) is 1. The first-order chi connectivity index (χ1) is 5.68. The molecule has 0 radical (unpaired) electrons. The number of fused-ring (bicyclic) bond motifs is 3. The Morgan fingerprint density at radius 1 is 0.929 bits per heavy atom. The van der Waals surface area contributed by atoms with E-state index >= 15 is 0 Å². The van der Waals surface area contributed by atoms with Gasteiger partial charge in [0.25, 0.3) is 0 Å². The summed E-state index contributed by atoms with van der Waals surface area (Å²) in [6.45, 7) is 4.85. The fourth-order valence-electron chi connectivity index (χ4n) is 3.36. The van der Waals surface area contributed by atoms with Crippen molar-refractivity contribution in [2.24, 2.45) is 10.8 Å². The summed E-state index contributed by atoms with van der Waals surface area (Å²) in [5.74, 6) is 0. The maximum Gasteiger partial charge on any atom is -0.0297 e. The van der Waals surface area contributed by atoms with Gasteiger partial charge in [0, 0.05) is 0 Å². The molecule has 1 nitrogen and oxygen atoms in total. The summed E-state index contributed by atoms with van der Waals surface area (Å²) in [6, 6.07) is 0. The second kappa shape index (κ2) is 4.65. The Hall–Kier alpha value is -0.0400. The Bertz CT molecular complexity index is 150. The van der Waals surface area contributed by atoms with Crippen LogP contribution in [0.3, 0.4) is 0 Å². The van der Waals surface area contributed by atoms with Gasteiger partial charge in [0.15, 0.2) is 0 Å². The van der Waals surface area contributed by atoms with Crippen LogP contribution in [0, 0.1) is 10.8 Å². The average molecular weight is 199 g/mol. The standard InChI is InChI=1S/C12H22.CH4.H3N/c1-3-4-12-8-5-11(2,6-9-12)7-10-12;;/h3-10H2,1-2H3;1H4;1H3. The molecule has 3 fully saturated rings. The van der Waals surface area contributed by atoms with Crippen LogP contribution in [0.15, 0.2) is 0 Å². The van der Waals surface area contributed by atoms with Crippen molar-refractivity contribution in [3.8, 4) is 0 Å². The highest BCUT2D eigenvalue weighted by atomic mass is 14.5. The smallest absolute Gasteiger partial charge is 0.0297 e. The van der Waals surface area contributed by atoms with E-state index in [1.54, 1.807) is 0 Å². The van der Waals surface area contributed by atoms with Gasteiger partial charge in [-0.25, -0.2) is 0 Å². The van der Waals surface area contributed by atoms with E-state index in [-0.39, 0.29) is 13.6 Å². The van der Waals surface area contributed by atoms with Crippen LogP contribution in [-0.2, 0) is 0 Å². The van der Waals surface area contributed by atoms with Crippen LogP contribution in [0.4, 0.5) is 0 Å². The molecule has 3 rings (SSSR count). The summed E-state index contributed by atoms with van der Waals surface area (Å²) in [5.41, 5.74) is 1.57. The summed E-state index contributed by atoms with van der Waals surface area (Å²) in [6.07, 6.45) is 12.1. The maximum absolute atomic E-state index is 2.50. The van der Waals surface area contributed by atoms with Gasteiger partial charge in [0.1, 0.15) is 0 Å². The van der Waals surface area contributed by atoms with E-state index in [0.717, 1.165) is 10.8 Å². The van der Waals surface area contributed by atoms with Gasteiger partial charge in [-0.2, -0.15) is 0 Å². The van der Waals surface area contributed by atoms with Gasteiger partial charge in [0.2, 0.25) is 0 Å². The molecule has 0 unspecified atom stereocenters. The second-order valence-electron chi connectivity index (χ2n) is 5.56. The Morgan fingerprint density at radius 2 is 1.36 bits per heavy atom. The van der Waals surface area contributed by atoms with Crippen molar-refractivity contribution >= 4 is 0 Å². The molecule has 0 aromatic rings. The minimum atomic E-state index is 0. The van der Waals surface area contributed by atoms with Crippen LogP contribution < -0.4 is 6.15 Å². The lowest BCUT2D eigenvalue weighted by atomic mass is 9.53. The number of hydrogen-bond acceptors (Lipinski definition) is 1. The van der Waals surface area contributed by atoms with E-state index in [0.29, 0.717) is 0 Å². The van der Waals surface area contributed by atoms with Crippen LogP contribution >= 0.6 is 0 Å². The zero-order chi connectivity index (χ0) is 8.66. The Labute approximate surface area is 90.2 Å². The third-order valence-electron chi connectivity index (χ3n) is 4.56. The fourth-order valence-corrected chi connectivity index (χ4v) is 3.36. The van der Waals surface area contributed by atoms with Gasteiger partial charge in [-0.05, 0) is 55.8 Å². The van der Waals surface area contributed by atoms with Gasteiger partial charge < -0.3 is 6.15 Å². The fraction of sp³-hybridized carbons (Fsp3) is 1.00.